The van der Waals surface area contributed by atoms with E-state index in [9.17, 15) is 0 Å². The quantitative estimate of drug-likeness (QED) is 0.883. The molecule has 0 radical (unpaired) electrons. The summed E-state index contributed by atoms with van der Waals surface area (Å²) in [5.41, 5.74) is 2.43. The van der Waals surface area contributed by atoms with Gasteiger partial charge in [0.1, 0.15) is 0 Å². The van der Waals surface area contributed by atoms with E-state index in [1.807, 2.05) is 19.3 Å². The average molecular weight is 247 g/mol. The Morgan fingerprint density at radius 2 is 2.12 bits per heavy atom. The molecule has 0 aliphatic rings. The third-order valence-electron chi connectivity index (χ3n) is 2.64. The third-order valence-corrected chi connectivity index (χ3v) is 3.46. The normalized spacial score (nSPS) is 12.6. The van der Waals surface area contributed by atoms with Crippen LogP contribution >= 0.6 is 11.3 Å². The second-order valence-electron chi connectivity index (χ2n) is 3.95. The molecule has 0 aromatic carbocycles. The lowest BCUT2D eigenvalue weighted by atomic mass is 10.0. The van der Waals surface area contributed by atoms with E-state index >= 15 is 0 Å². The molecule has 0 saturated carbocycles. The molecule has 1 atom stereocenters. The second-order valence-corrected chi connectivity index (χ2v) is 5.02. The Morgan fingerprint density at radius 3 is 2.71 bits per heavy atom. The maximum atomic E-state index is 4.52. The maximum absolute atomic E-state index is 4.52. The second kappa shape index (κ2) is 5.89. The molecule has 0 bridgehead atoms. The number of thiazole rings is 1. The number of rotatable bonds is 5. The fourth-order valence-corrected chi connectivity index (χ4v) is 2.49. The third kappa shape index (κ3) is 3.35. The van der Waals surface area contributed by atoms with Gasteiger partial charge in [-0.05, 0) is 31.2 Å². The fraction of sp³-hybridized carbons (Fsp3) is 0.385. The van der Waals surface area contributed by atoms with E-state index in [0.717, 1.165) is 23.7 Å². The van der Waals surface area contributed by atoms with Crippen molar-refractivity contribution in [2.75, 3.05) is 6.54 Å². The zero-order valence-corrected chi connectivity index (χ0v) is 11.0. The molecule has 0 aliphatic carbocycles. The highest BCUT2D eigenvalue weighted by atomic mass is 32.1. The summed E-state index contributed by atoms with van der Waals surface area (Å²) in [5, 5.41) is 6.76. The summed E-state index contributed by atoms with van der Waals surface area (Å²) in [6.07, 6.45) is 4.61. The van der Waals surface area contributed by atoms with E-state index in [4.69, 9.17) is 0 Å². The number of aryl methyl sites for hydroxylation is 1. The number of pyridine rings is 1. The molecule has 1 unspecified atom stereocenters. The van der Waals surface area contributed by atoms with E-state index in [0.29, 0.717) is 6.04 Å². The number of hydrogen-bond acceptors (Lipinski definition) is 4. The fourth-order valence-electron chi connectivity index (χ4n) is 1.86. The zero-order valence-electron chi connectivity index (χ0n) is 10.2. The van der Waals surface area contributed by atoms with E-state index in [-0.39, 0.29) is 0 Å². The molecule has 4 heteroatoms. The molecule has 0 saturated heterocycles. The molecule has 2 aromatic rings. The molecule has 90 valence electrons. The molecule has 2 heterocycles. The first-order valence-corrected chi connectivity index (χ1v) is 6.72. The topological polar surface area (TPSA) is 37.8 Å². The summed E-state index contributed by atoms with van der Waals surface area (Å²) in [6.45, 7) is 5.12. The summed E-state index contributed by atoms with van der Waals surface area (Å²) >= 11 is 1.71. The molecule has 17 heavy (non-hydrogen) atoms. The summed E-state index contributed by atoms with van der Waals surface area (Å²) in [7, 11) is 0. The smallest absolute Gasteiger partial charge is 0.0897 e. The van der Waals surface area contributed by atoms with Crippen LogP contribution in [0.3, 0.4) is 0 Å². The van der Waals surface area contributed by atoms with Crippen LogP contribution in [-0.2, 0) is 6.42 Å². The monoisotopic (exact) mass is 247 g/mol. The van der Waals surface area contributed by atoms with Gasteiger partial charge in [-0.2, -0.15) is 0 Å². The predicted octanol–water partition coefficient (Wildman–Crippen LogP) is 2.74. The molecule has 1 N–H and O–H groups in total. The molecule has 0 spiro atoms. The van der Waals surface area contributed by atoms with Crippen LogP contribution < -0.4 is 5.32 Å². The van der Waals surface area contributed by atoms with Crippen LogP contribution in [0.4, 0.5) is 0 Å². The van der Waals surface area contributed by atoms with Crippen molar-refractivity contribution in [3.05, 3.63) is 46.2 Å². The number of nitrogens with one attached hydrogen (secondary N) is 1. The first-order valence-electron chi connectivity index (χ1n) is 5.84. The first-order chi connectivity index (χ1) is 8.29. The number of hydrogen-bond donors (Lipinski definition) is 1. The molecule has 0 aliphatic heterocycles. The van der Waals surface area contributed by atoms with Crippen LogP contribution in [0.2, 0.25) is 0 Å². The Morgan fingerprint density at radius 1 is 1.35 bits per heavy atom. The minimum absolute atomic E-state index is 0.324. The zero-order chi connectivity index (χ0) is 12.1. The van der Waals surface area contributed by atoms with Crippen molar-refractivity contribution in [3.63, 3.8) is 0 Å². The van der Waals surface area contributed by atoms with Crippen LogP contribution in [0.5, 0.6) is 0 Å². The minimum Gasteiger partial charge on any atom is -0.310 e. The van der Waals surface area contributed by atoms with Crippen molar-refractivity contribution in [1.29, 1.82) is 0 Å². The van der Waals surface area contributed by atoms with Crippen LogP contribution in [0.15, 0.2) is 29.9 Å². The minimum atomic E-state index is 0.324. The highest BCUT2D eigenvalue weighted by molar-refractivity contribution is 7.09. The Balaban J connectivity index is 2.13. The number of aromatic nitrogens is 2. The van der Waals surface area contributed by atoms with Gasteiger partial charge in [0.05, 0.1) is 10.7 Å². The van der Waals surface area contributed by atoms with E-state index in [1.54, 1.807) is 11.3 Å². The van der Waals surface area contributed by atoms with Crippen molar-refractivity contribution < 1.29 is 0 Å². The molecule has 2 rings (SSSR count). The first kappa shape index (κ1) is 12.2. The number of likely N-dealkylation sites (N-methyl/N-ethyl adjacent to an activating group) is 1. The van der Waals surface area contributed by atoms with Gasteiger partial charge in [0.15, 0.2) is 0 Å². The summed E-state index contributed by atoms with van der Waals surface area (Å²) in [4.78, 5) is 8.58. The Bertz CT molecular complexity index is 453. The van der Waals surface area contributed by atoms with Gasteiger partial charge in [-0.15, -0.1) is 11.3 Å². The van der Waals surface area contributed by atoms with Crippen LogP contribution in [0.25, 0.3) is 0 Å². The standard InChI is InChI=1S/C13H17N3S/c1-3-15-13(11-4-6-14-7-5-11)8-12-9-17-10(2)16-12/h4-7,9,13,15H,3,8H2,1-2H3. The Kier molecular flexibility index (Phi) is 4.23. The van der Waals surface area contributed by atoms with Gasteiger partial charge in [0.2, 0.25) is 0 Å². The largest absolute Gasteiger partial charge is 0.310 e. The van der Waals surface area contributed by atoms with Crippen molar-refractivity contribution in [2.45, 2.75) is 26.3 Å². The summed E-state index contributed by atoms with van der Waals surface area (Å²) in [6, 6.07) is 4.45. The lowest BCUT2D eigenvalue weighted by Crippen LogP contribution is -2.23. The Labute approximate surface area is 106 Å². The van der Waals surface area contributed by atoms with Crippen LogP contribution in [0.1, 0.15) is 29.2 Å². The van der Waals surface area contributed by atoms with Crippen LogP contribution in [0, 0.1) is 6.92 Å². The molecular formula is C13H17N3S. The van der Waals surface area contributed by atoms with E-state index in [2.05, 4.69) is 39.7 Å². The summed E-state index contributed by atoms with van der Waals surface area (Å²) < 4.78 is 0. The SMILES string of the molecule is CCNC(Cc1csc(C)n1)c1ccncc1. The molecule has 0 fully saturated rings. The van der Waals surface area contributed by atoms with Crippen LogP contribution in [-0.4, -0.2) is 16.5 Å². The molecule has 3 nitrogen and oxygen atoms in total. The highest BCUT2D eigenvalue weighted by Crippen LogP contribution is 2.19. The van der Waals surface area contributed by atoms with Gasteiger partial charge in [0, 0.05) is 30.2 Å². The molecule has 2 aromatic heterocycles. The van der Waals surface area contributed by atoms with Gasteiger partial charge in [0.25, 0.3) is 0 Å². The average Bonchev–Trinajstić information content (AvgIpc) is 2.75. The van der Waals surface area contributed by atoms with Crippen molar-refractivity contribution >= 4 is 11.3 Å². The van der Waals surface area contributed by atoms with Crippen molar-refractivity contribution in [2.24, 2.45) is 0 Å². The molecule has 0 amide bonds. The predicted molar refractivity (Wildman–Crippen MR) is 71.2 cm³/mol. The lowest BCUT2D eigenvalue weighted by molar-refractivity contribution is 0.544. The maximum Gasteiger partial charge on any atom is 0.0897 e. The van der Waals surface area contributed by atoms with Gasteiger partial charge in [-0.1, -0.05) is 6.92 Å². The van der Waals surface area contributed by atoms with E-state index < -0.39 is 0 Å². The van der Waals surface area contributed by atoms with Gasteiger partial charge < -0.3 is 5.32 Å². The number of nitrogens with zero attached hydrogens (tertiary/aromatic N) is 2. The van der Waals surface area contributed by atoms with Crippen molar-refractivity contribution in [1.82, 2.24) is 15.3 Å². The Hall–Kier alpha value is -1.26. The highest BCUT2D eigenvalue weighted by Gasteiger charge is 2.12. The van der Waals surface area contributed by atoms with Gasteiger partial charge in [-0.3, -0.25) is 4.98 Å². The van der Waals surface area contributed by atoms with Gasteiger partial charge >= 0.3 is 0 Å². The lowest BCUT2D eigenvalue weighted by Gasteiger charge is -2.16. The van der Waals surface area contributed by atoms with Gasteiger partial charge in [-0.25, -0.2) is 4.98 Å². The van der Waals surface area contributed by atoms with E-state index in [1.165, 1.54) is 5.56 Å². The summed E-state index contributed by atoms with van der Waals surface area (Å²) in [5.74, 6) is 0. The molecular weight excluding hydrogens is 230 g/mol. The van der Waals surface area contributed by atoms with Crippen molar-refractivity contribution in [3.8, 4) is 0 Å².